The summed E-state index contributed by atoms with van der Waals surface area (Å²) < 4.78 is 3.08. The summed E-state index contributed by atoms with van der Waals surface area (Å²) in [5.41, 5.74) is 2.14. The van der Waals surface area contributed by atoms with Gasteiger partial charge in [-0.25, -0.2) is 4.98 Å². The Hall–Kier alpha value is -3.74. The second kappa shape index (κ2) is 6.66. The van der Waals surface area contributed by atoms with E-state index in [4.69, 9.17) is 0 Å². The van der Waals surface area contributed by atoms with E-state index in [9.17, 15) is 14.4 Å². The molecule has 0 aliphatic carbocycles. The first-order valence-electron chi connectivity index (χ1n) is 9.84. The van der Waals surface area contributed by atoms with Crippen LogP contribution in [0.5, 0.6) is 0 Å². The van der Waals surface area contributed by atoms with Crippen LogP contribution in [0.15, 0.2) is 59.5 Å². The third kappa shape index (κ3) is 2.66. The Morgan fingerprint density at radius 3 is 2.53 bits per heavy atom. The van der Waals surface area contributed by atoms with Crippen molar-refractivity contribution in [2.24, 2.45) is 0 Å². The summed E-state index contributed by atoms with van der Waals surface area (Å²) in [6.07, 6.45) is 1.79. The highest BCUT2D eigenvalue weighted by molar-refractivity contribution is 5.94. The van der Waals surface area contributed by atoms with Crippen LogP contribution in [0.4, 0.5) is 0 Å². The van der Waals surface area contributed by atoms with Crippen LogP contribution in [-0.4, -0.2) is 30.8 Å². The fraction of sp³-hybridized carbons (Fsp3) is 0.217. The highest BCUT2D eigenvalue weighted by Crippen LogP contribution is 2.29. The number of fused-ring (bicyclic) bond motifs is 3. The zero-order valence-electron chi connectivity index (χ0n) is 16.7. The van der Waals surface area contributed by atoms with Crippen molar-refractivity contribution >= 4 is 33.6 Å². The zero-order chi connectivity index (χ0) is 21.0. The van der Waals surface area contributed by atoms with E-state index in [2.05, 4.69) is 4.98 Å². The molecule has 0 bridgehead atoms. The molecule has 0 saturated heterocycles. The van der Waals surface area contributed by atoms with Crippen molar-refractivity contribution in [1.82, 2.24) is 19.0 Å². The van der Waals surface area contributed by atoms with Gasteiger partial charge in [-0.05, 0) is 30.7 Å². The topological polar surface area (TPSA) is 77.2 Å². The van der Waals surface area contributed by atoms with Crippen LogP contribution in [0.2, 0.25) is 0 Å². The first-order valence-corrected chi connectivity index (χ1v) is 9.84. The SMILES string of the molecule is CC(=O)n1cc(CN2C(=O)Cn3c(nc4ccccc4c3=O)[C@@H]2C)c2ccccc21. The Bertz CT molecular complexity index is 1400. The van der Waals surface area contributed by atoms with E-state index in [1.807, 2.05) is 43.3 Å². The number of amides is 1. The maximum Gasteiger partial charge on any atom is 0.261 e. The van der Waals surface area contributed by atoms with Crippen LogP contribution in [0, 0.1) is 0 Å². The molecule has 1 amide bonds. The van der Waals surface area contributed by atoms with Gasteiger partial charge in [-0.1, -0.05) is 30.3 Å². The molecule has 1 atom stereocenters. The fourth-order valence-corrected chi connectivity index (χ4v) is 4.28. The van der Waals surface area contributed by atoms with E-state index in [1.54, 1.807) is 27.8 Å². The average molecular weight is 400 g/mol. The van der Waals surface area contributed by atoms with Crippen molar-refractivity contribution in [3.8, 4) is 0 Å². The summed E-state index contributed by atoms with van der Waals surface area (Å²) in [6, 6.07) is 14.5. The second-order valence-corrected chi connectivity index (χ2v) is 7.64. The third-order valence-electron chi connectivity index (χ3n) is 5.82. The normalized spacial score (nSPS) is 16.3. The summed E-state index contributed by atoms with van der Waals surface area (Å²) in [5.74, 6) is 0.350. The van der Waals surface area contributed by atoms with Gasteiger partial charge in [0, 0.05) is 25.1 Å². The lowest BCUT2D eigenvalue weighted by Crippen LogP contribution is -2.45. The van der Waals surface area contributed by atoms with Crippen molar-refractivity contribution < 1.29 is 9.59 Å². The van der Waals surface area contributed by atoms with Crippen molar-refractivity contribution in [1.29, 1.82) is 0 Å². The molecule has 30 heavy (non-hydrogen) atoms. The molecule has 5 rings (SSSR count). The molecule has 7 nitrogen and oxygen atoms in total. The van der Waals surface area contributed by atoms with Crippen LogP contribution in [0.25, 0.3) is 21.8 Å². The molecule has 0 N–H and O–H groups in total. The molecule has 4 aromatic rings. The first kappa shape index (κ1) is 18.3. The third-order valence-corrected chi connectivity index (χ3v) is 5.82. The molecule has 2 aromatic heterocycles. The lowest BCUT2D eigenvalue weighted by atomic mass is 10.1. The number of carbonyl (C=O) groups is 2. The van der Waals surface area contributed by atoms with Gasteiger partial charge in [0.25, 0.3) is 5.56 Å². The van der Waals surface area contributed by atoms with Gasteiger partial charge in [0.1, 0.15) is 12.4 Å². The molecular formula is C23H20N4O3. The van der Waals surface area contributed by atoms with Crippen molar-refractivity contribution in [3.63, 3.8) is 0 Å². The highest BCUT2D eigenvalue weighted by Gasteiger charge is 2.32. The fourth-order valence-electron chi connectivity index (χ4n) is 4.28. The molecule has 150 valence electrons. The highest BCUT2D eigenvalue weighted by atomic mass is 16.2. The van der Waals surface area contributed by atoms with Crippen LogP contribution >= 0.6 is 0 Å². The largest absolute Gasteiger partial charge is 0.327 e. The molecule has 0 radical (unpaired) electrons. The number of aromatic nitrogens is 3. The summed E-state index contributed by atoms with van der Waals surface area (Å²) in [7, 11) is 0. The van der Waals surface area contributed by atoms with Gasteiger partial charge in [0.2, 0.25) is 11.8 Å². The minimum Gasteiger partial charge on any atom is -0.327 e. The Morgan fingerprint density at radius 1 is 1.07 bits per heavy atom. The van der Waals surface area contributed by atoms with Crippen LogP contribution in [0.1, 0.15) is 36.1 Å². The van der Waals surface area contributed by atoms with Gasteiger partial charge in [0.15, 0.2) is 0 Å². The average Bonchev–Trinajstić information content (AvgIpc) is 3.11. The molecule has 0 spiro atoms. The van der Waals surface area contributed by atoms with Crippen molar-refractivity contribution in [3.05, 3.63) is 76.5 Å². The van der Waals surface area contributed by atoms with E-state index < -0.39 is 0 Å². The van der Waals surface area contributed by atoms with Gasteiger partial charge in [0.05, 0.1) is 22.5 Å². The number of carbonyl (C=O) groups excluding carboxylic acids is 2. The zero-order valence-corrected chi connectivity index (χ0v) is 16.7. The lowest BCUT2D eigenvalue weighted by Gasteiger charge is -2.35. The minimum absolute atomic E-state index is 0.0400. The molecule has 7 heteroatoms. The first-order chi connectivity index (χ1) is 14.5. The van der Waals surface area contributed by atoms with Crippen LogP contribution in [0.3, 0.4) is 0 Å². The lowest BCUT2D eigenvalue weighted by molar-refractivity contribution is -0.137. The van der Waals surface area contributed by atoms with Gasteiger partial charge in [-0.3, -0.25) is 23.5 Å². The van der Waals surface area contributed by atoms with Crippen molar-refractivity contribution in [2.45, 2.75) is 33.0 Å². The van der Waals surface area contributed by atoms with Gasteiger partial charge >= 0.3 is 0 Å². The van der Waals surface area contributed by atoms with Crippen molar-refractivity contribution in [2.75, 3.05) is 0 Å². The van der Waals surface area contributed by atoms with Gasteiger partial charge < -0.3 is 4.90 Å². The number of benzene rings is 2. The maximum atomic E-state index is 13.0. The molecule has 0 unspecified atom stereocenters. The molecule has 0 saturated carbocycles. The summed E-state index contributed by atoms with van der Waals surface area (Å²) in [4.78, 5) is 44.4. The Labute approximate surface area is 172 Å². The molecule has 0 fully saturated rings. The summed E-state index contributed by atoms with van der Waals surface area (Å²) in [5, 5.41) is 1.45. The number of nitrogens with zero attached hydrogens (tertiary/aromatic N) is 4. The second-order valence-electron chi connectivity index (χ2n) is 7.64. The monoisotopic (exact) mass is 400 g/mol. The van der Waals surface area contributed by atoms with E-state index in [-0.39, 0.29) is 30.0 Å². The predicted molar refractivity (Wildman–Crippen MR) is 113 cm³/mol. The Balaban J connectivity index is 1.60. The van der Waals surface area contributed by atoms with E-state index in [0.29, 0.717) is 23.3 Å². The van der Waals surface area contributed by atoms with E-state index >= 15 is 0 Å². The number of hydrogen-bond donors (Lipinski definition) is 0. The number of hydrogen-bond acceptors (Lipinski definition) is 4. The molecule has 2 aromatic carbocycles. The molecule has 1 aliphatic heterocycles. The van der Waals surface area contributed by atoms with Gasteiger partial charge in [-0.2, -0.15) is 0 Å². The smallest absolute Gasteiger partial charge is 0.261 e. The Morgan fingerprint density at radius 2 is 1.77 bits per heavy atom. The molecule has 3 heterocycles. The minimum atomic E-state index is -0.372. The van der Waals surface area contributed by atoms with E-state index in [0.717, 1.165) is 16.5 Å². The Kier molecular flexibility index (Phi) is 4.06. The number of para-hydroxylation sites is 2. The summed E-state index contributed by atoms with van der Waals surface area (Å²) in [6.45, 7) is 3.70. The molecular weight excluding hydrogens is 380 g/mol. The maximum absolute atomic E-state index is 13.0. The van der Waals surface area contributed by atoms with Crippen LogP contribution in [-0.2, 0) is 17.9 Å². The van der Waals surface area contributed by atoms with E-state index in [1.165, 1.54) is 11.5 Å². The standard InChI is InChI=1S/C23H20N4O3/c1-14-22-24-19-9-5-3-8-18(19)23(30)27(22)13-21(29)25(14)11-16-12-26(15(2)28)20-10-6-4-7-17(16)20/h3-10,12,14H,11,13H2,1-2H3/t14-/m0/s1. The summed E-state index contributed by atoms with van der Waals surface area (Å²) >= 11 is 0. The van der Waals surface area contributed by atoms with Gasteiger partial charge in [-0.15, -0.1) is 0 Å². The number of rotatable bonds is 2. The van der Waals surface area contributed by atoms with Crippen LogP contribution < -0.4 is 5.56 Å². The predicted octanol–water partition coefficient (Wildman–Crippen LogP) is 3.11. The molecule has 1 aliphatic rings. The quantitative estimate of drug-likeness (QED) is 0.518.